The van der Waals surface area contributed by atoms with Crippen LogP contribution in [0.15, 0.2) is 58.4 Å². The van der Waals surface area contributed by atoms with E-state index in [0.717, 1.165) is 30.4 Å². The van der Waals surface area contributed by atoms with E-state index in [2.05, 4.69) is 6.58 Å². The van der Waals surface area contributed by atoms with Crippen LogP contribution in [0.1, 0.15) is 18.1 Å². The highest BCUT2D eigenvalue weighted by molar-refractivity contribution is 7.86. The van der Waals surface area contributed by atoms with Crippen LogP contribution in [-0.2, 0) is 25.0 Å². The van der Waals surface area contributed by atoms with Gasteiger partial charge in [0.1, 0.15) is 17.6 Å². The summed E-state index contributed by atoms with van der Waals surface area (Å²) in [7, 11) is -9.17. The molecule has 172 valence electrons. The molecule has 0 saturated carbocycles. The predicted molar refractivity (Wildman–Crippen MR) is 111 cm³/mol. The van der Waals surface area contributed by atoms with Gasteiger partial charge in [-0.3, -0.25) is 9.11 Å². The van der Waals surface area contributed by atoms with E-state index in [1.54, 1.807) is 6.07 Å². The van der Waals surface area contributed by atoms with E-state index in [1.807, 2.05) is 0 Å². The van der Waals surface area contributed by atoms with Crippen molar-refractivity contribution < 1.29 is 39.5 Å². The summed E-state index contributed by atoms with van der Waals surface area (Å²) >= 11 is 0. The lowest BCUT2D eigenvalue weighted by Gasteiger charge is -2.27. The Kier molecular flexibility index (Phi) is 7.26. The van der Waals surface area contributed by atoms with Gasteiger partial charge in [-0.15, -0.1) is 0 Å². The van der Waals surface area contributed by atoms with Gasteiger partial charge < -0.3 is 10.5 Å². The van der Waals surface area contributed by atoms with Gasteiger partial charge in [0.05, 0.1) is 21.9 Å². The number of halogens is 2. The lowest BCUT2D eigenvalue weighted by molar-refractivity contribution is 0.161. The van der Waals surface area contributed by atoms with E-state index in [0.29, 0.717) is 0 Å². The quantitative estimate of drug-likeness (QED) is 0.386. The smallest absolute Gasteiger partial charge is 0.294 e. The number of allylic oxidation sites excluding steroid dienone is 4. The molecular formula is C19H18F2N2O7S2. The predicted octanol–water partition coefficient (Wildman–Crippen LogP) is 2.52. The number of benzene rings is 1. The van der Waals surface area contributed by atoms with Gasteiger partial charge in [0.25, 0.3) is 20.2 Å². The maximum absolute atomic E-state index is 14.7. The van der Waals surface area contributed by atoms with Gasteiger partial charge in [-0.1, -0.05) is 12.7 Å². The molecule has 0 aliphatic heterocycles. The molecule has 9 nitrogen and oxygen atoms in total. The number of ether oxygens (including phenoxy) is 1. The van der Waals surface area contributed by atoms with E-state index in [-0.39, 0.29) is 22.3 Å². The van der Waals surface area contributed by atoms with Crippen molar-refractivity contribution in [1.82, 2.24) is 0 Å². The Morgan fingerprint density at radius 1 is 1.28 bits per heavy atom. The summed E-state index contributed by atoms with van der Waals surface area (Å²) in [6, 6.07) is 4.68. The van der Waals surface area contributed by atoms with Gasteiger partial charge in [0.2, 0.25) is 0 Å². The Morgan fingerprint density at radius 2 is 1.91 bits per heavy atom. The third-order valence-electron chi connectivity index (χ3n) is 4.46. The van der Waals surface area contributed by atoms with Gasteiger partial charge in [-0.25, -0.2) is 8.78 Å². The topological polar surface area (TPSA) is 168 Å². The van der Waals surface area contributed by atoms with Crippen LogP contribution in [0.25, 0.3) is 11.8 Å². The van der Waals surface area contributed by atoms with Crippen molar-refractivity contribution in [3.63, 3.8) is 0 Å². The molecule has 0 spiro atoms. The molecule has 0 bridgehead atoms. The van der Waals surface area contributed by atoms with E-state index >= 15 is 0 Å². The average molecular weight is 488 g/mol. The Morgan fingerprint density at radius 3 is 2.41 bits per heavy atom. The van der Waals surface area contributed by atoms with Crippen LogP contribution in [0.3, 0.4) is 0 Å². The van der Waals surface area contributed by atoms with E-state index in [1.165, 1.54) is 6.92 Å². The lowest BCUT2D eigenvalue weighted by Crippen LogP contribution is -2.33. The fraction of sp³-hybridized carbons (Fsp3) is 0.211. The molecule has 1 aliphatic carbocycles. The zero-order valence-corrected chi connectivity index (χ0v) is 18.1. The highest BCUT2D eigenvalue weighted by atomic mass is 32.2. The zero-order chi connectivity index (χ0) is 24.4. The molecular weight excluding hydrogens is 470 g/mol. The number of nitrogens with two attached hydrogens (primary N) is 1. The molecule has 1 aromatic rings. The first kappa shape index (κ1) is 25.2. The van der Waals surface area contributed by atoms with Crippen molar-refractivity contribution in [3.8, 4) is 6.07 Å². The lowest BCUT2D eigenvalue weighted by atomic mass is 9.93. The van der Waals surface area contributed by atoms with Crippen LogP contribution >= 0.6 is 0 Å². The van der Waals surface area contributed by atoms with Crippen molar-refractivity contribution in [1.29, 1.82) is 5.26 Å². The van der Waals surface area contributed by atoms with Crippen LogP contribution in [-0.4, -0.2) is 44.0 Å². The van der Waals surface area contributed by atoms with Crippen LogP contribution in [0.2, 0.25) is 0 Å². The molecule has 13 heteroatoms. The zero-order valence-electron chi connectivity index (χ0n) is 16.5. The average Bonchev–Trinajstić information content (AvgIpc) is 2.70. The minimum Gasteiger partial charge on any atom is -0.458 e. The van der Waals surface area contributed by atoms with Gasteiger partial charge in [0.15, 0.2) is 12.3 Å². The molecule has 2 rings (SSSR count). The molecule has 0 fully saturated rings. The molecule has 1 aromatic carbocycles. The van der Waals surface area contributed by atoms with Crippen molar-refractivity contribution in [2.45, 2.75) is 24.2 Å². The van der Waals surface area contributed by atoms with Crippen molar-refractivity contribution >= 4 is 32.1 Å². The minimum atomic E-state index is -4.60. The number of rotatable bonds is 7. The van der Waals surface area contributed by atoms with Crippen LogP contribution in [0.4, 0.5) is 8.78 Å². The van der Waals surface area contributed by atoms with E-state index in [4.69, 9.17) is 15.0 Å². The second-order valence-electron chi connectivity index (χ2n) is 6.58. The monoisotopic (exact) mass is 488 g/mol. The third-order valence-corrected chi connectivity index (χ3v) is 5.89. The van der Waals surface area contributed by atoms with Crippen molar-refractivity contribution in [2.75, 3.05) is 5.75 Å². The molecule has 0 heterocycles. The highest BCUT2D eigenvalue weighted by Crippen LogP contribution is 2.36. The summed E-state index contributed by atoms with van der Waals surface area (Å²) in [5.41, 5.74) is 4.33. The van der Waals surface area contributed by atoms with E-state index < -0.39 is 60.4 Å². The fourth-order valence-corrected chi connectivity index (χ4v) is 3.73. The summed E-state index contributed by atoms with van der Waals surface area (Å²) in [6.07, 6.45) is -2.88. The summed E-state index contributed by atoms with van der Waals surface area (Å²) < 4.78 is 98.0. The third kappa shape index (κ3) is 5.40. The molecule has 0 saturated heterocycles. The summed E-state index contributed by atoms with van der Waals surface area (Å²) in [6.45, 7) is 4.74. The first-order chi connectivity index (χ1) is 14.7. The SMILES string of the molecule is C=Cc1cc(S(=O)(=O)O)ccc1/C(=C\CS(=O)(=O)O)OC1=C(C)C(C#N)=C(N)C(F)C1F. The molecule has 32 heavy (non-hydrogen) atoms. The molecule has 0 aromatic heterocycles. The molecule has 2 unspecified atom stereocenters. The second kappa shape index (κ2) is 9.21. The second-order valence-corrected chi connectivity index (χ2v) is 9.50. The standard InChI is InChI=1S/C19H18F2N2O7S2/c1-3-11-8-12(32(27,28)29)4-5-13(11)15(6-7-31(24,25)26)30-19-10(2)14(9-22)18(23)16(20)17(19)21/h3-6,8,16-17H,1,7,23H2,2H3,(H,24,25,26)(H,27,28,29)/b15-6+. The summed E-state index contributed by atoms with van der Waals surface area (Å²) in [5.74, 6) is -2.08. The Labute approximate surface area is 183 Å². The van der Waals surface area contributed by atoms with Crippen LogP contribution in [0, 0.1) is 11.3 Å². The Hall–Kier alpha value is -3.05. The molecule has 4 N–H and O–H groups in total. The van der Waals surface area contributed by atoms with Gasteiger partial charge in [0, 0.05) is 11.1 Å². The number of hydrogen-bond acceptors (Lipinski definition) is 7. The normalized spacial score (nSPS) is 20.2. The van der Waals surface area contributed by atoms with Crippen molar-refractivity contribution in [2.24, 2.45) is 5.73 Å². The molecule has 0 radical (unpaired) electrons. The molecule has 2 atom stereocenters. The van der Waals surface area contributed by atoms with Crippen molar-refractivity contribution in [3.05, 3.63) is 64.6 Å². The minimum absolute atomic E-state index is 0.0125. The van der Waals surface area contributed by atoms with Crippen LogP contribution < -0.4 is 5.73 Å². The fourth-order valence-electron chi connectivity index (χ4n) is 2.86. The maximum atomic E-state index is 14.7. The van der Waals surface area contributed by atoms with Gasteiger partial charge in [-0.2, -0.15) is 22.1 Å². The highest BCUT2D eigenvalue weighted by Gasteiger charge is 2.38. The van der Waals surface area contributed by atoms with E-state index in [9.17, 15) is 35.4 Å². The Bertz CT molecular complexity index is 1310. The summed E-state index contributed by atoms with van der Waals surface area (Å²) in [4.78, 5) is -0.520. The van der Waals surface area contributed by atoms with Gasteiger partial charge in [-0.05, 0) is 36.8 Å². The van der Waals surface area contributed by atoms with Gasteiger partial charge >= 0.3 is 0 Å². The number of hydrogen-bond donors (Lipinski definition) is 3. The largest absolute Gasteiger partial charge is 0.458 e. The number of nitriles is 1. The molecule has 1 aliphatic rings. The first-order valence-electron chi connectivity index (χ1n) is 8.67. The first-order valence-corrected chi connectivity index (χ1v) is 11.7. The Balaban J connectivity index is 2.71. The number of nitrogens with zero attached hydrogens (tertiary/aromatic N) is 1. The number of alkyl halides is 2. The van der Waals surface area contributed by atoms with Crippen LogP contribution in [0.5, 0.6) is 0 Å². The summed E-state index contributed by atoms with van der Waals surface area (Å²) in [5, 5.41) is 9.22. The maximum Gasteiger partial charge on any atom is 0.294 e. The molecule has 0 amide bonds.